The number of nitrogens with zero attached hydrogens (tertiary/aromatic N) is 2. The first-order valence-corrected chi connectivity index (χ1v) is 9.06. The molecule has 7 heteroatoms. The topological polar surface area (TPSA) is 65.4 Å². The van der Waals surface area contributed by atoms with Crippen molar-refractivity contribution in [1.29, 1.82) is 0 Å². The van der Waals surface area contributed by atoms with Gasteiger partial charge in [0.2, 0.25) is 0 Å². The van der Waals surface area contributed by atoms with Gasteiger partial charge in [-0.25, -0.2) is 4.68 Å². The predicted molar refractivity (Wildman–Crippen MR) is 104 cm³/mol. The third kappa shape index (κ3) is 4.91. The number of carbonyl (C=O) groups excluding carboxylic acids is 1. The molecular formula is C19H26ClN3O3. The van der Waals surface area contributed by atoms with Gasteiger partial charge in [0.1, 0.15) is 5.82 Å². The summed E-state index contributed by atoms with van der Waals surface area (Å²) in [5.74, 6) is 1.75. The zero-order chi connectivity index (χ0) is 19.3. The van der Waals surface area contributed by atoms with E-state index in [9.17, 15) is 4.79 Å². The Hall–Kier alpha value is -2.21. The smallest absolute Gasteiger partial charge is 0.257 e. The Bertz CT molecular complexity index is 756. The van der Waals surface area contributed by atoms with E-state index in [1.807, 2.05) is 13.8 Å². The summed E-state index contributed by atoms with van der Waals surface area (Å²) in [6.07, 6.45) is 2.55. The molecule has 1 amide bonds. The minimum absolute atomic E-state index is 0.134. The fourth-order valence-electron chi connectivity index (χ4n) is 2.40. The molecule has 0 fully saturated rings. The number of carbonyl (C=O) groups is 1. The lowest BCUT2D eigenvalue weighted by Gasteiger charge is -2.15. The number of amides is 1. The summed E-state index contributed by atoms with van der Waals surface area (Å²) in [7, 11) is 1.52. The van der Waals surface area contributed by atoms with Crippen molar-refractivity contribution in [2.24, 2.45) is 5.92 Å². The summed E-state index contributed by atoms with van der Waals surface area (Å²) in [4.78, 5) is 12.6. The maximum Gasteiger partial charge on any atom is 0.257 e. The number of aromatic nitrogens is 2. The third-order valence-corrected chi connectivity index (χ3v) is 4.12. The molecule has 2 aromatic rings. The molecule has 1 N–H and O–H groups in total. The Kier molecular flexibility index (Phi) is 6.91. The Morgan fingerprint density at radius 2 is 2.04 bits per heavy atom. The molecule has 2 rings (SSSR count). The fourth-order valence-corrected chi connectivity index (χ4v) is 2.67. The van der Waals surface area contributed by atoms with Gasteiger partial charge in [-0.2, -0.15) is 5.10 Å². The Morgan fingerprint density at radius 3 is 2.65 bits per heavy atom. The Labute approximate surface area is 159 Å². The van der Waals surface area contributed by atoms with Crippen LogP contribution in [-0.4, -0.2) is 29.4 Å². The SMILES string of the molecule is COc1cc(C(=O)Nc2ccnn2C(C)C)cc(Cl)c1OCCC(C)C. The number of hydrogen-bond acceptors (Lipinski definition) is 4. The maximum atomic E-state index is 12.6. The summed E-state index contributed by atoms with van der Waals surface area (Å²) < 4.78 is 12.9. The lowest BCUT2D eigenvalue weighted by Crippen LogP contribution is -2.17. The largest absolute Gasteiger partial charge is 0.493 e. The van der Waals surface area contributed by atoms with Crippen LogP contribution in [-0.2, 0) is 0 Å². The molecule has 0 radical (unpaired) electrons. The van der Waals surface area contributed by atoms with Crippen LogP contribution >= 0.6 is 11.6 Å². The van der Waals surface area contributed by atoms with Crippen LogP contribution in [0.25, 0.3) is 0 Å². The van der Waals surface area contributed by atoms with Crippen molar-refractivity contribution in [2.75, 3.05) is 19.0 Å². The van der Waals surface area contributed by atoms with E-state index in [0.29, 0.717) is 40.4 Å². The number of ether oxygens (including phenoxy) is 2. The molecule has 0 aliphatic rings. The van der Waals surface area contributed by atoms with Gasteiger partial charge >= 0.3 is 0 Å². The summed E-state index contributed by atoms with van der Waals surface area (Å²) in [5.41, 5.74) is 0.388. The van der Waals surface area contributed by atoms with Gasteiger partial charge in [-0.1, -0.05) is 25.4 Å². The van der Waals surface area contributed by atoms with Crippen LogP contribution < -0.4 is 14.8 Å². The van der Waals surface area contributed by atoms with Crippen LogP contribution in [0.5, 0.6) is 11.5 Å². The average molecular weight is 380 g/mol. The van der Waals surface area contributed by atoms with Crippen LogP contribution in [0.4, 0.5) is 5.82 Å². The van der Waals surface area contributed by atoms with Crippen molar-refractivity contribution >= 4 is 23.3 Å². The van der Waals surface area contributed by atoms with Gasteiger partial charge in [-0.3, -0.25) is 4.79 Å². The second kappa shape index (κ2) is 8.94. The van der Waals surface area contributed by atoms with E-state index in [2.05, 4.69) is 24.3 Å². The van der Waals surface area contributed by atoms with Crippen LogP contribution in [0.3, 0.4) is 0 Å². The van der Waals surface area contributed by atoms with Gasteiger partial charge in [-0.15, -0.1) is 0 Å². The highest BCUT2D eigenvalue weighted by Gasteiger charge is 2.17. The number of nitrogens with one attached hydrogen (secondary N) is 1. The van der Waals surface area contributed by atoms with Crippen molar-refractivity contribution in [1.82, 2.24) is 9.78 Å². The first-order chi connectivity index (χ1) is 12.3. The third-order valence-electron chi connectivity index (χ3n) is 3.83. The first-order valence-electron chi connectivity index (χ1n) is 8.68. The zero-order valence-corrected chi connectivity index (χ0v) is 16.6. The zero-order valence-electron chi connectivity index (χ0n) is 15.9. The van der Waals surface area contributed by atoms with Crippen LogP contribution in [0.1, 0.15) is 50.5 Å². The predicted octanol–water partition coefficient (Wildman–Crippen LogP) is 4.80. The van der Waals surface area contributed by atoms with E-state index >= 15 is 0 Å². The van der Waals surface area contributed by atoms with Gasteiger partial charge in [-0.05, 0) is 38.3 Å². The number of methoxy groups -OCH3 is 1. The van der Waals surface area contributed by atoms with Crippen LogP contribution in [0.2, 0.25) is 5.02 Å². The monoisotopic (exact) mass is 379 g/mol. The quantitative estimate of drug-likeness (QED) is 0.715. The van der Waals surface area contributed by atoms with Crippen molar-refractivity contribution < 1.29 is 14.3 Å². The second-order valence-corrected chi connectivity index (χ2v) is 7.14. The molecule has 0 saturated carbocycles. The summed E-state index contributed by atoms with van der Waals surface area (Å²) in [6, 6.07) is 5.10. The second-order valence-electron chi connectivity index (χ2n) is 6.73. The van der Waals surface area contributed by atoms with Gasteiger partial charge in [0.25, 0.3) is 5.91 Å². The highest BCUT2D eigenvalue weighted by atomic mass is 35.5. The molecule has 0 bridgehead atoms. The standard InChI is InChI=1S/C19H26ClN3O3/c1-12(2)7-9-26-18-15(20)10-14(11-16(18)25-5)19(24)22-17-6-8-21-23(17)13(3)4/h6,8,10-13H,7,9H2,1-5H3,(H,22,24). The molecule has 6 nitrogen and oxygen atoms in total. The van der Waals surface area contributed by atoms with Gasteiger partial charge < -0.3 is 14.8 Å². The molecule has 1 aromatic carbocycles. The number of anilines is 1. The number of benzene rings is 1. The molecule has 142 valence electrons. The molecule has 1 aromatic heterocycles. The number of halogens is 1. The van der Waals surface area contributed by atoms with E-state index in [4.69, 9.17) is 21.1 Å². The molecule has 0 aliphatic heterocycles. The lowest BCUT2D eigenvalue weighted by atomic mass is 10.1. The van der Waals surface area contributed by atoms with Crippen LogP contribution in [0, 0.1) is 5.92 Å². The van der Waals surface area contributed by atoms with E-state index in [1.54, 1.807) is 29.1 Å². The summed E-state index contributed by atoms with van der Waals surface area (Å²) >= 11 is 6.33. The molecule has 0 atom stereocenters. The van der Waals surface area contributed by atoms with Crippen molar-refractivity contribution in [2.45, 2.75) is 40.2 Å². The minimum atomic E-state index is -0.290. The minimum Gasteiger partial charge on any atom is -0.493 e. The number of rotatable bonds is 8. The normalized spacial score (nSPS) is 11.1. The van der Waals surface area contributed by atoms with Gasteiger partial charge in [0, 0.05) is 17.7 Å². The Balaban J connectivity index is 2.20. The molecule has 0 aliphatic carbocycles. The van der Waals surface area contributed by atoms with E-state index < -0.39 is 0 Å². The van der Waals surface area contributed by atoms with E-state index in [1.165, 1.54) is 7.11 Å². The van der Waals surface area contributed by atoms with Crippen molar-refractivity contribution in [3.05, 3.63) is 35.0 Å². The van der Waals surface area contributed by atoms with Crippen molar-refractivity contribution in [3.8, 4) is 11.5 Å². The molecule has 0 spiro atoms. The molecule has 0 unspecified atom stereocenters. The first kappa shape index (κ1) is 20.1. The molecule has 0 saturated heterocycles. The highest BCUT2D eigenvalue weighted by Crippen LogP contribution is 2.37. The van der Waals surface area contributed by atoms with E-state index in [-0.39, 0.29) is 11.9 Å². The Morgan fingerprint density at radius 1 is 1.31 bits per heavy atom. The lowest BCUT2D eigenvalue weighted by molar-refractivity contribution is 0.102. The fraction of sp³-hybridized carbons (Fsp3) is 0.474. The maximum absolute atomic E-state index is 12.6. The summed E-state index contributed by atoms with van der Waals surface area (Å²) in [6.45, 7) is 8.76. The van der Waals surface area contributed by atoms with Gasteiger partial charge in [0.15, 0.2) is 11.5 Å². The van der Waals surface area contributed by atoms with Crippen molar-refractivity contribution in [3.63, 3.8) is 0 Å². The number of hydrogen-bond donors (Lipinski definition) is 1. The van der Waals surface area contributed by atoms with E-state index in [0.717, 1.165) is 6.42 Å². The van der Waals surface area contributed by atoms with Crippen LogP contribution in [0.15, 0.2) is 24.4 Å². The van der Waals surface area contributed by atoms with Gasteiger partial charge in [0.05, 0.1) is 24.9 Å². The summed E-state index contributed by atoms with van der Waals surface area (Å²) in [5, 5.41) is 7.40. The molecule has 1 heterocycles. The highest BCUT2D eigenvalue weighted by molar-refractivity contribution is 6.32. The molecule has 26 heavy (non-hydrogen) atoms. The average Bonchev–Trinajstić information content (AvgIpc) is 3.03. The molecular weight excluding hydrogens is 354 g/mol.